The molecule has 24 heavy (non-hydrogen) atoms. The summed E-state index contributed by atoms with van der Waals surface area (Å²) in [7, 11) is 0. The molecule has 132 valence electrons. The number of hydrogen-bond acceptors (Lipinski definition) is 5. The molecule has 0 saturated heterocycles. The van der Waals surface area contributed by atoms with Gasteiger partial charge in [0.15, 0.2) is 5.16 Å². The first-order chi connectivity index (χ1) is 11.8. The van der Waals surface area contributed by atoms with Gasteiger partial charge in [-0.25, -0.2) is 4.98 Å². The van der Waals surface area contributed by atoms with Gasteiger partial charge in [-0.1, -0.05) is 31.5 Å². The van der Waals surface area contributed by atoms with E-state index in [9.17, 15) is 4.79 Å². The van der Waals surface area contributed by atoms with Gasteiger partial charge in [0.2, 0.25) is 0 Å². The van der Waals surface area contributed by atoms with Crippen LogP contribution in [-0.4, -0.2) is 28.5 Å². The first-order valence-corrected chi connectivity index (χ1v) is 10.8. The van der Waals surface area contributed by atoms with E-state index in [0.717, 1.165) is 66.4 Å². The van der Waals surface area contributed by atoms with Crippen molar-refractivity contribution >= 4 is 33.3 Å². The Hall–Kier alpha value is -0.850. The summed E-state index contributed by atoms with van der Waals surface area (Å²) >= 11 is 3.37. The fourth-order valence-corrected chi connectivity index (χ4v) is 5.40. The molecule has 0 atom stereocenters. The number of aromatic nitrogens is 2. The zero-order valence-corrected chi connectivity index (χ0v) is 16.2. The Bertz CT molecular complexity index is 752. The molecule has 0 fully saturated rings. The van der Waals surface area contributed by atoms with Gasteiger partial charge in [-0.2, -0.15) is 0 Å². The molecular weight excluding hydrogens is 340 g/mol. The lowest BCUT2D eigenvalue weighted by molar-refractivity contribution is 0.164. The molecule has 0 radical (unpaired) electrons. The summed E-state index contributed by atoms with van der Waals surface area (Å²) in [6.07, 6.45) is 6.67. The first-order valence-electron chi connectivity index (χ1n) is 9.01. The third-order valence-electron chi connectivity index (χ3n) is 4.44. The summed E-state index contributed by atoms with van der Waals surface area (Å²) in [4.78, 5) is 20.3. The van der Waals surface area contributed by atoms with Crippen molar-refractivity contribution in [3.63, 3.8) is 0 Å². The van der Waals surface area contributed by atoms with Gasteiger partial charge in [0.25, 0.3) is 5.56 Å². The maximum atomic E-state index is 13.1. The molecule has 4 nitrogen and oxygen atoms in total. The van der Waals surface area contributed by atoms with Crippen molar-refractivity contribution in [3.8, 4) is 0 Å². The van der Waals surface area contributed by atoms with Crippen LogP contribution in [0.3, 0.4) is 0 Å². The van der Waals surface area contributed by atoms with E-state index in [2.05, 4.69) is 6.92 Å². The molecule has 0 saturated carbocycles. The predicted octanol–water partition coefficient (Wildman–Crippen LogP) is 4.27. The smallest absolute Gasteiger partial charge is 0.263 e. The van der Waals surface area contributed by atoms with Crippen molar-refractivity contribution in [2.45, 2.75) is 64.1 Å². The normalized spacial score (nSPS) is 13.8. The van der Waals surface area contributed by atoms with Crippen molar-refractivity contribution < 1.29 is 4.74 Å². The van der Waals surface area contributed by atoms with Crippen LogP contribution in [0.1, 0.15) is 50.0 Å². The lowest BCUT2D eigenvalue weighted by atomic mass is 10.2. The lowest BCUT2D eigenvalue weighted by Crippen LogP contribution is -2.24. The minimum atomic E-state index is 0.175. The van der Waals surface area contributed by atoms with Crippen molar-refractivity contribution in [1.82, 2.24) is 9.55 Å². The largest absolute Gasteiger partial charge is 0.381 e. The molecule has 0 amide bonds. The van der Waals surface area contributed by atoms with Crippen molar-refractivity contribution in [1.29, 1.82) is 0 Å². The minimum absolute atomic E-state index is 0.175. The van der Waals surface area contributed by atoms with Gasteiger partial charge in [-0.05, 0) is 38.2 Å². The second kappa shape index (κ2) is 8.50. The predicted molar refractivity (Wildman–Crippen MR) is 103 cm³/mol. The maximum absolute atomic E-state index is 13.1. The van der Waals surface area contributed by atoms with E-state index >= 15 is 0 Å². The van der Waals surface area contributed by atoms with E-state index in [0.29, 0.717) is 6.61 Å². The van der Waals surface area contributed by atoms with Crippen LogP contribution in [0.15, 0.2) is 9.95 Å². The van der Waals surface area contributed by atoms with Crippen LogP contribution in [0.25, 0.3) is 10.2 Å². The molecular formula is C18H26N2O2S2. The highest BCUT2D eigenvalue weighted by Crippen LogP contribution is 2.35. The second-order valence-electron chi connectivity index (χ2n) is 6.14. The number of hydrogen-bond donors (Lipinski definition) is 0. The SMILES string of the molecule is CCCCCn1c(SCCOCC)nc2sc3c(c2c1=O)CCC3. The van der Waals surface area contributed by atoms with Crippen LogP contribution < -0.4 is 5.56 Å². The van der Waals surface area contributed by atoms with Gasteiger partial charge < -0.3 is 4.74 Å². The maximum Gasteiger partial charge on any atom is 0.263 e. The zero-order valence-electron chi connectivity index (χ0n) is 14.6. The summed E-state index contributed by atoms with van der Waals surface area (Å²) in [5.74, 6) is 0.838. The highest BCUT2D eigenvalue weighted by Gasteiger charge is 2.23. The van der Waals surface area contributed by atoms with Crippen LogP contribution in [-0.2, 0) is 24.1 Å². The molecule has 1 aliphatic carbocycles. The van der Waals surface area contributed by atoms with Gasteiger partial charge >= 0.3 is 0 Å². The van der Waals surface area contributed by atoms with Gasteiger partial charge in [0, 0.05) is 23.8 Å². The highest BCUT2D eigenvalue weighted by molar-refractivity contribution is 7.99. The van der Waals surface area contributed by atoms with Crippen molar-refractivity contribution in [2.24, 2.45) is 0 Å². The molecule has 6 heteroatoms. The Morgan fingerprint density at radius 1 is 1.29 bits per heavy atom. The van der Waals surface area contributed by atoms with Crippen LogP contribution in [0.4, 0.5) is 0 Å². The van der Waals surface area contributed by atoms with Gasteiger partial charge in [-0.15, -0.1) is 11.3 Å². The average molecular weight is 367 g/mol. The summed E-state index contributed by atoms with van der Waals surface area (Å²) < 4.78 is 7.34. The molecule has 0 aromatic carbocycles. The number of thiophene rings is 1. The minimum Gasteiger partial charge on any atom is -0.381 e. The zero-order chi connectivity index (χ0) is 16.9. The molecule has 0 bridgehead atoms. The second-order valence-corrected chi connectivity index (χ2v) is 8.29. The Labute approximate surface area is 151 Å². The van der Waals surface area contributed by atoms with Crippen LogP contribution in [0.2, 0.25) is 0 Å². The third kappa shape index (κ3) is 3.70. The van der Waals surface area contributed by atoms with Gasteiger partial charge in [0.1, 0.15) is 4.83 Å². The number of unbranched alkanes of at least 4 members (excludes halogenated alkanes) is 2. The average Bonchev–Trinajstić information content (AvgIpc) is 3.14. The molecule has 0 aliphatic heterocycles. The molecule has 2 heterocycles. The molecule has 0 unspecified atom stereocenters. The molecule has 3 rings (SSSR count). The number of thioether (sulfide) groups is 1. The number of rotatable bonds is 9. The number of nitrogens with zero attached hydrogens (tertiary/aromatic N) is 2. The van der Waals surface area contributed by atoms with E-state index in [4.69, 9.17) is 9.72 Å². The van der Waals surface area contributed by atoms with Crippen molar-refractivity contribution in [2.75, 3.05) is 19.0 Å². The van der Waals surface area contributed by atoms with Gasteiger partial charge in [-0.3, -0.25) is 9.36 Å². The van der Waals surface area contributed by atoms with E-state index in [1.54, 1.807) is 23.1 Å². The molecule has 2 aromatic rings. The van der Waals surface area contributed by atoms with E-state index in [1.165, 1.54) is 16.9 Å². The third-order valence-corrected chi connectivity index (χ3v) is 6.56. The fourth-order valence-electron chi connectivity index (χ4n) is 3.22. The van der Waals surface area contributed by atoms with Crippen LogP contribution in [0, 0.1) is 0 Å². The van der Waals surface area contributed by atoms with E-state index in [1.807, 2.05) is 11.5 Å². The quantitative estimate of drug-likeness (QED) is 0.378. The monoisotopic (exact) mass is 366 g/mol. The summed E-state index contributed by atoms with van der Waals surface area (Å²) in [6.45, 7) is 6.40. The summed E-state index contributed by atoms with van der Waals surface area (Å²) in [5, 5.41) is 1.77. The topological polar surface area (TPSA) is 44.1 Å². The summed E-state index contributed by atoms with van der Waals surface area (Å²) in [6, 6.07) is 0. The van der Waals surface area contributed by atoms with Crippen molar-refractivity contribution in [3.05, 3.63) is 20.8 Å². The Morgan fingerprint density at radius 3 is 2.96 bits per heavy atom. The van der Waals surface area contributed by atoms with E-state index in [-0.39, 0.29) is 5.56 Å². The highest BCUT2D eigenvalue weighted by atomic mass is 32.2. The summed E-state index contributed by atoms with van der Waals surface area (Å²) in [5.41, 5.74) is 1.46. The molecule has 2 aromatic heterocycles. The van der Waals surface area contributed by atoms with E-state index < -0.39 is 0 Å². The molecule has 1 aliphatic rings. The Balaban J connectivity index is 1.94. The van der Waals surface area contributed by atoms with Gasteiger partial charge in [0.05, 0.1) is 12.0 Å². The van der Waals surface area contributed by atoms with Crippen LogP contribution >= 0.6 is 23.1 Å². The Morgan fingerprint density at radius 2 is 2.17 bits per heavy atom. The Kier molecular flexibility index (Phi) is 6.36. The number of fused-ring (bicyclic) bond motifs is 3. The number of ether oxygens (including phenoxy) is 1. The standard InChI is InChI=1S/C18H26N2O2S2/c1-3-5-6-10-20-17(21)15-13-8-7-9-14(13)24-16(15)19-18(20)23-12-11-22-4-2/h3-12H2,1-2H3. The molecule has 0 N–H and O–H groups in total. The fraction of sp³-hybridized carbons (Fsp3) is 0.667. The molecule has 0 spiro atoms. The number of aryl methyl sites for hydroxylation is 2. The first kappa shape index (κ1) is 18.0. The lowest BCUT2D eigenvalue weighted by Gasteiger charge is -2.12. The van der Waals surface area contributed by atoms with Crippen LogP contribution in [0.5, 0.6) is 0 Å².